The molecule has 0 saturated carbocycles. The van der Waals surface area contributed by atoms with Crippen molar-refractivity contribution >= 4 is 21.6 Å². The molecule has 0 N–H and O–H groups in total. The van der Waals surface area contributed by atoms with E-state index in [-0.39, 0.29) is 5.75 Å². The second kappa shape index (κ2) is 4.09. The summed E-state index contributed by atoms with van der Waals surface area (Å²) >= 11 is 5.26. The predicted molar refractivity (Wildman–Crippen MR) is 37.2 cm³/mol. The summed E-state index contributed by atoms with van der Waals surface area (Å²) in [5, 5.41) is 0. The van der Waals surface area contributed by atoms with Gasteiger partial charge in [0.15, 0.2) is 0 Å². The van der Waals surface area contributed by atoms with E-state index in [4.69, 9.17) is 11.6 Å². The van der Waals surface area contributed by atoms with Crippen LogP contribution < -0.4 is 4.72 Å². The van der Waals surface area contributed by atoms with Crippen LogP contribution >= 0.6 is 11.6 Å². The second-order valence-electron chi connectivity index (χ2n) is 1.51. The molecule has 0 unspecified atom stereocenters. The number of alkyl halides is 1. The molecule has 55 valence electrons. The summed E-state index contributed by atoms with van der Waals surface area (Å²) in [7, 11) is -1.87. The zero-order valence-corrected chi connectivity index (χ0v) is 6.74. The molecule has 0 aliphatic heterocycles. The van der Waals surface area contributed by atoms with Gasteiger partial charge in [-0.05, 0) is 6.42 Å². The summed E-state index contributed by atoms with van der Waals surface area (Å²) < 4.78 is 24.2. The third-order valence-corrected chi connectivity index (χ3v) is 2.44. The van der Waals surface area contributed by atoms with E-state index < -0.39 is 10.0 Å². The van der Waals surface area contributed by atoms with Gasteiger partial charge in [0.05, 0.1) is 5.75 Å². The second-order valence-corrected chi connectivity index (χ2v) is 3.83. The summed E-state index contributed by atoms with van der Waals surface area (Å²) in [6.45, 7) is 0. The zero-order chi connectivity index (χ0) is 7.33. The van der Waals surface area contributed by atoms with Gasteiger partial charge in [-0.25, -0.2) is 8.42 Å². The first-order valence-electron chi connectivity index (χ1n) is 2.52. The van der Waals surface area contributed by atoms with Gasteiger partial charge in [0, 0.05) is 12.9 Å². The van der Waals surface area contributed by atoms with Crippen LogP contribution in [0, 0.1) is 0 Å². The van der Waals surface area contributed by atoms with E-state index in [1.807, 2.05) is 0 Å². The standard InChI is InChI=1S/C4H9ClNO2S/c1-6-9(7,8)4-2-3-5/h2-4H2,1H3. The highest BCUT2D eigenvalue weighted by Crippen LogP contribution is 1.90. The van der Waals surface area contributed by atoms with Crippen LogP contribution in [0.3, 0.4) is 0 Å². The molecule has 0 saturated heterocycles. The lowest BCUT2D eigenvalue weighted by atomic mass is 10.6. The van der Waals surface area contributed by atoms with Crippen molar-refractivity contribution in [3.8, 4) is 0 Å². The summed E-state index contributed by atoms with van der Waals surface area (Å²) in [6, 6.07) is 0. The van der Waals surface area contributed by atoms with Gasteiger partial charge >= 0.3 is 0 Å². The predicted octanol–water partition coefficient (Wildman–Crippen LogP) is 0.179. The lowest BCUT2D eigenvalue weighted by Gasteiger charge is -1.95. The number of sulfonamides is 1. The van der Waals surface area contributed by atoms with Gasteiger partial charge in [-0.1, -0.05) is 0 Å². The molecule has 5 heteroatoms. The highest BCUT2D eigenvalue weighted by Gasteiger charge is 2.05. The van der Waals surface area contributed by atoms with Crippen molar-refractivity contribution in [3.05, 3.63) is 0 Å². The van der Waals surface area contributed by atoms with Gasteiger partial charge in [0.25, 0.3) is 0 Å². The topological polar surface area (TPSA) is 48.2 Å². The van der Waals surface area contributed by atoms with Crippen LogP contribution in [-0.2, 0) is 10.0 Å². The SMILES string of the molecule is C[N]S(=O)(=O)CCCCl. The first kappa shape index (κ1) is 9.20. The maximum Gasteiger partial charge on any atom is 0.227 e. The zero-order valence-electron chi connectivity index (χ0n) is 5.17. The third kappa shape index (κ3) is 4.69. The molecule has 0 rings (SSSR count). The molecule has 0 bridgehead atoms. The Hall–Kier alpha value is 0.200. The molecule has 0 aromatic rings. The summed E-state index contributed by atoms with van der Waals surface area (Å²) in [4.78, 5) is 0. The third-order valence-electron chi connectivity index (χ3n) is 0.814. The van der Waals surface area contributed by atoms with E-state index in [0.29, 0.717) is 12.3 Å². The highest BCUT2D eigenvalue weighted by atomic mass is 35.5. The monoisotopic (exact) mass is 170 g/mol. The van der Waals surface area contributed by atoms with Crippen molar-refractivity contribution in [3.63, 3.8) is 0 Å². The minimum Gasteiger partial charge on any atom is -0.211 e. The summed E-state index contributed by atoms with van der Waals surface area (Å²) in [6.07, 6.45) is 0.473. The fraction of sp³-hybridized carbons (Fsp3) is 1.00. The van der Waals surface area contributed by atoms with Crippen LogP contribution in [0.5, 0.6) is 0 Å². The van der Waals surface area contributed by atoms with E-state index in [9.17, 15) is 8.42 Å². The van der Waals surface area contributed by atoms with E-state index in [2.05, 4.69) is 4.72 Å². The first-order chi connectivity index (χ1) is 4.12. The van der Waals surface area contributed by atoms with Crippen LogP contribution in [0.1, 0.15) is 6.42 Å². The Bertz CT molecular complexity index is 154. The van der Waals surface area contributed by atoms with Crippen molar-refractivity contribution < 1.29 is 8.42 Å². The Kier molecular flexibility index (Phi) is 4.18. The average Bonchev–Trinajstić information content (AvgIpc) is 1.84. The lowest BCUT2D eigenvalue weighted by molar-refractivity contribution is 0.586. The smallest absolute Gasteiger partial charge is 0.211 e. The van der Waals surface area contributed by atoms with Crippen LogP contribution in [0.2, 0.25) is 0 Å². The van der Waals surface area contributed by atoms with E-state index in [0.717, 1.165) is 0 Å². The quantitative estimate of drug-likeness (QED) is 0.566. The largest absolute Gasteiger partial charge is 0.227 e. The first-order valence-corrected chi connectivity index (χ1v) is 4.66. The number of halogens is 1. The molecule has 0 fully saturated rings. The number of hydrogen-bond donors (Lipinski definition) is 0. The molecule has 0 aromatic carbocycles. The van der Waals surface area contributed by atoms with Crippen molar-refractivity contribution in [1.29, 1.82) is 0 Å². The summed E-state index contributed by atoms with van der Waals surface area (Å²) in [5.74, 6) is 0.432. The molecule has 9 heavy (non-hydrogen) atoms. The number of nitrogens with zero attached hydrogens (tertiary/aromatic N) is 1. The molecule has 1 radical (unpaired) electrons. The van der Waals surface area contributed by atoms with Gasteiger partial charge in [0.1, 0.15) is 0 Å². The normalized spacial score (nSPS) is 11.8. The number of rotatable bonds is 4. The Morgan fingerprint density at radius 1 is 1.56 bits per heavy atom. The van der Waals surface area contributed by atoms with E-state index >= 15 is 0 Å². The van der Waals surface area contributed by atoms with Gasteiger partial charge in [0.2, 0.25) is 10.0 Å². The van der Waals surface area contributed by atoms with Crippen molar-refractivity contribution in [2.24, 2.45) is 0 Å². The fourth-order valence-corrected chi connectivity index (χ4v) is 1.31. The molecular formula is C4H9ClNO2S. The minimum absolute atomic E-state index is 0.0625. The molecule has 0 atom stereocenters. The van der Waals surface area contributed by atoms with Crippen molar-refractivity contribution in [1.82, 2.24) is 4.72 Å². The molecule has 0 aliphatic carbocycles. The van der Waals surface area contributed by atoms with Crippen LogP contribution in [0.25, 0.3) is 0 Å². The minimum atomic E-state index is -3.14. The van der Waals surface area contributed by atoms with Crippen molar-refractivity contribution in [2.45, 2.75) is 6.42 Å². The van der Waals surface area contributed by atoms with Gasteiger partial charge in [-0.3, -0.25) is 0 Å². The van der Waals surface area contributed by atoms with Gasteiger partial charge in [-0.15, -0.1) is 16.3 Å². The Balaban J connectivity index is 3.61. The Labute approximate surface area is 60.4 Å². The molecule has 0 amide bonds. The molecule has 0 aromatic heterocycles. The van der Waals surface area contributed by atoms with Gasteiger partial charge < -0.3 is 0 Å². The number of hydrogen-bond acceptors (Lipinski definition) is 2. The van der Waals surface area contributed by atoms with Crippen LogP contribution in [-0.4, -0.2) is 27.1 Å². The maximum absolute atomic E-state index is 10.5. The van der Waals surface area contributed by atoms with E-state index in [1.165, 1.54) is 7.05 Å². The Morgan fingerprint density at radius 3 is 2.44 bits per heavy atom. The molecule has 3 nitrogen and oxygen atoms in total. The maximum atomic E-state index is 10.5. The fourth-order valence-electron chi connectivity index (χ4n) is 0.328. The summed E-state index contributed by atoms with van der Waals surface area (Å²) in [5.41, 5.74) is 0. The van der Waals surface area contributed by atoms with E-state index in [1.54, 1.807) is 0 Å². The molecule has 0 aliphatic rings. The average molecular weight is 171 g/mol. The van der Waals surface area contributed by atoms with Crippen molar-refractivity contribution in [2.75, 3.05) is 18.7 Å². The van der Waals surface area contributed by atoms with Crippen LogP contribution in [0.4, 0.5) is 0 Å². The van der Waals surface area contributed by atoms with Crippen LogP contribution in [0.15, 0.2) is 0 Å². The lowest BCUT2D eigenvalue weighted by Crippen LogP contribution is -2.15. The molecule has 0 spiro atoms. The Morgan fingerprint density at radius 2 is 2.11 bits per heavy atom. The van der Waals surface area contributed by atoms with Gasteiger partial charge in [-0.2, -0.15) is 0 Å². The molecule has 0 heterocycles. The highest BCUT2D eigenvalue weighted by molar-refractivity contribution is 7.89. The molecular weight excluding hydrogens is 162 g/mol.